The number of ether oxygens (including phenoxy) is 1. The van der Waals surface area contributed by atoms with Crippen molar-refractivity contribution < 1.29 is 4.74 Å². The molecular weight excluding hydrogens is 174 g/mol. The van der Waals surface area contributed by atoms with Gasteiger partial charge in [0.1, 0.15) is 0 Å². The molecular formula is C12H19NO. The molecule has 0 saturated heterocycles. The monoisotopic (exact) mass is 193 g/mol. The molecule has 2 nitrogen and oxygen atoms in total. The van der Waals surface area contributed by atoms with E-state index in [2.05, 4.69) is 12.1 Å². The van der Waals surface area contributed by atoms with Gasteiger partial charge in [-0.1, -0.05) is 24.3 Å². The summed E-state index contributed by atoms with van der Waals surface area (Å²) in [5.74, 6) is 0. The van der Waals surface area contributed by atoms with E-state index in [-0.39, 0.29) is 11.6 Å². The molecule has 0 aliphatic heterocycles. The molecule has 0 radical (unpaired) electrons. The van der Waals surface area contributed by atoms with E-state index in [0.29, 0.717) is 0 Å². The lowest BCUT2D eigenvalue weighted by molar-refractivity contribution is 0.0191. The summed E-state index contributed by atoms with van der Waals surface area (Å²) in [7, 11) is 1.72. The van der Waals surface area contributed by atoms with Gasteiger partial charge in [0.05, 0.1) is 5.60 Å². The Kier molecular flexibility index (Phi) is 3.29. The standard InChI is InChI=1S/C12H19NO/c1-9(13)10-6-5-7-11(8-10)12(2,3)14-4/h5-9H,13H2,1-4H3. The number of methoxy groups -OCH3 is 1. The molecule has 1 atom stereocenters. The summed E-state index contributed by atoms with van der Waals surface area (Å²) < 4.78 is 5.42. The molecule has 0 aliphatic rings. The maximum absolute atomic E-state index is 5.83. The summed E-state index contributed by atoms with van der Waals surface area (Å²) in [6, 6.07) is 8.31. The lowest BCUT2D eigenvalue weighted by Crippen LogP contribution is -2.20. The van der Waals surface area contributed by atoms with E-state index < -0.39 is 0 Å². The van der Waals surface area contributed by atoms with Crippen LogP contribution in [0.25, 0.3) is 0 Å². The van der Waals surface area contributed by atoms with Gasteiger partial charge in [-0.3, -0.25) is 0 Å². The molecule has 0 fully saturated rings. The Hall–Kier alpha value is -0.860. The molecule has 1 aromatic rings. The molecule has 14 heavy (non-hydrogen) atoms. The van der Waals surface area contributed by atoms with Crippen molar-refractivity contribution in [3.8, 4) is 0 Å². The molecule has 78 valence electrons. The minimum absolute atomic E-state index is 0.0719. The quantitative estimate of drug-likeness (QED) is 0.800. The third kappa shape index (κ3) is 2.34. The van der Waals surface area contributed by atoms with Crippen molar-refractivity contribution in [3.05, 3.63) is 35.4 Å². The van der Waals surface area contributed by atoms with E-state index in [1.807, 2.05) is 32.9 Å². The van der Waals surface area contributed by atoms with Gasteiger partial charge >= 0.3 is 0 Å². The maximum atomic E-state index is 5.83. The highest BCUT2D eigenvalue weighted by Gasteiger charge is 2.19. The summed E-state index contributed by atoms with van der Waals surface area (Å²) in [6.07, 6.45) is 0. The molecule has 2 N–H and O–H groups in total. The van der Waals surface area contributed by atoms with Crippen LogP contribution in [0.4, 0.5) is 0 Å². The second kappa shape index (κ2) is 4.11. The second-order valence-electron chi connectivity index (χ2n) is 4.13. The van der Waals surface area contributed by atoms with Gasteiger partial charge in [0.25, 0.3) is 0 Å². The number of hydrogen-bond acceptors (Lipinski definition) is 2. The smallest absolute Gasteiger partial charge is 0.0871 e. The van der Waals surface area contributed by atoms with Gasteiger partial charge in [0.2, 0.25) is 0 Å². The highest BCUT2D eigenvalue weighted by molar-refractivity contribution is 5.29. The summed E-state index contributed by atoms with van der Waals surface area (Å²) in [5, 5.41) is 0. The average molecular weight is 193 g/mol. The first-order valence-electron chi connectivity index (χ1n) is 4.88. The average Bonchev–Trinajstić information content (AvgIpc) is 2.18. The molecule has 0 spiro atoms. The van der Waals surface area contributed by atoms with E-state index in [1.165, 1.54) is 0 Å². The van der Waals surface area contributed by atoms with E-state index in [9.17, 15) is 0 Å². The van der Waals surface area contributed by atoms with Crippen molar-refractivity contribution in [1.82, 2.24) is 0 Å². The van der Waals surface area contributed by atoms with Crippen molar-refractivity contribution in [2.75, 3.05) is 7.11 Å². The fraction of sp³-hybridized carbons (Fsp3) is 0.500. The Labute approximate surface area is 86.1 Å². The fourth-order valence-electron chi connectivity index (χ4n) is 1.31. The molecule has 0 aromatic heterocycles. The van der Waals surface area contributed by atoms with E-state index in [1.54, 1.807) is 7.11 Å². The zero-order valence-electron chi connectivity index (χ0n) is 9.37. The summed E-state index contributed by atoms with van der Waals surface area (Å²) >= 11 is 0. The molecule has 2 heteroatoms. The second-order valence-corrected chi connectivity index (χ2v) is 4.13. The van der Waals surface area contributed by atoms with Crippen LogP contribution in [0.5, 0.6) is 0 Å². The lowest BCUT2D eigenvalue weighted by atomic mass is 9.95. The Balaban J connectivity index is 3.05. The van der Waals surface area contributed by atoms with Crippen molar-refractivity contribution in [1.29, 1.82) is 0 Å². The van der Waals surface area contributed by atoms with Crippen LogP contribution in [-0.4, -0.2) is 7.11 Å². The predicted octanol–water partition coefficient (Wildman–Crippen LogP) is 2.59. The third-order valence-electron chi connectivity index (χ3n) is 2.62. The van der Waals surface area contributed by atoms with Crippen molar-refractivity contribution in [2.24, 2.45) is 5.73 Å². The van der Waals surface area contributed by atoms with Crippen molar-refractivity contribution in [3.63, 3.8) is 0 Å². The van der Waals surface area contributed by atoms with Crippen LogP contribution in [0, 0.1) is 0 Å². The Bertz CT molecular complexity index is 305. The molecule has 1 rings (SSSR count). The zero-order chi connectivity index (χ0) is 10.8. The fourth-order valence-corrected chi connectivity index (χ4v) is 1.31. The Morgan fingerprint density at radius 3 is 2.50 bits per heavy atom. The first-order valence-corrected chi connectivity index (χ1v) is 4.88. The third-order valence-corrected chi connectivity index (χ3v) is 2.62. The molecule has 0 aliphatic carbocycles. The van der Waals surface area contributed by atoms with Gasteiger partial charge in [-0.25, -0.2) is 0 Å². The van der Waals surface area contributed by atoms with Gasteiger partial charge in [-0.05, 0) is 31.9 Å². The summed E-state index contributed by atoms with van der Waals surface area (Å²) in [6.45, 7) is 6.08. The van der Waals surface area contributed by atoms with Crippen LogP contribution in [0.15, 0.2) is 24.3 Å². The van der Waals surface area contributed by atoms with Crippen LogP contribution in [-0.2, 0) is 10.3 Å². The minimum atomic E-state index is -0.245. The van der Waals surface area contributed by atoms with Crippen LogP contribution in [0.2, 0.25) is 0 Å². The first kappa shape index (κ1) is 11.2. The van der Waals surface area contributed by atoms with Crippen molar-refractivity contribution in [2.45, 2.75) is 32.4 Å². The van der Waals surface area contributed by atoms with Gasteiger partial charge in [-0.2, -0.15) is 0 Å². The van der Waals surface area contributed by atoms with E-state index in [0.717, 1.165) is 11.1 Å². The SMILES string of the molecule is COC(C)(C)c1cccc(C(C)N)c1. The van der Waals surface area contributed by atoms with Crippen molar-refractivity contribution >= 4 is 0 Å². The summed E-state index contributed by atoms with van der Waals surface area (Å²) in [5.41, 5.74) is 7.89. The number of hydrogen-bond donors (Lipinski definition) is 1. The topological polar surface area (TPSA) is 35.2 Å². The molecule has 0 heterocycles. The Morgan fingerprint density at radius 2 is 2.00 bits per heavy atom. The van der Waals surface area contributed by atoms with E-state index in [4.69, 9.17) is 10.5 Å². The number of rotatable bonds is 3. The zero-order valence-corrected chi connectivity index (χ0v) is 9.37. The molecule has 0 amide bonds. The maximum Gasteiger partial charge on any atom is 0.0871 e. The highest BCUT2D eigenvalue weighted by atomic mass is 16.5. The minimum Gasteiger partial charge on any atom is -0.374 e. The molecule has 1 aromatic carbocycles. The molecule has 0 saturated carbocycles. The largest absolute Gasteiger partial charge is 0.374 e. The Morgan fingerprint density at radius 1 is 1.36 bits per heavy atom. The van der Waals surface area contributed by atoms with Gasteiger partial charge in [0, 0.05) is 13.2 Å². The normalized spacial score (nSPS) is 14.1. The van der Waals surface area contributed by atoms with Crippen LogP contribution in [0.3, 0.4) is 0 Å². The van der Waals surface area contributed by atoms with Crippen LogP contribution < -0.4 is 5.73 Å². The molecule has 0 bridgehead atoms. The first-order chi connectivity index (χ1) is 6.47. The van der Waals surface area contributed by atoms with Crippen LogP contribution >= 0.6 is 0 Å². The van der Waals surface area contributed by atoms with Gasteiger partial charge in [0.15, 0.2) is 0 Å². The van der Waals surface area contributed by atoms with Gasteiger partial charge in [-0.15, -0.1) is 0 Å². The highest BCUT2D eigenvalue weighted by Crippen LogP contribution is 2.25. The predicted molar refractivity (Wildman–Crippen MR) is 59.1 cm³/mol. The van der Waals surface area contributed by atoms with Gasteiger partial charge < -0.3 is 10.5 Å². The summed E-state index contributed by atoms with van der Waals surface area (Å²) in [4.78, 5) is 0. The number of benzene rings is 1. The lowest BCUT2D eigenvalue weighted by Gasteiger charge is -2.24. The number of nitrogens with two attached hydrogens (primary N) is 1. The van der Waals surface area contributed by atoms with E-state index >= 15 is 0 Å². The van der Waals surface area contributed by atoms with Crippen LogP contribution in [0.1, 0.15) is 37.9 Å². The molecule has 1 unspecified atom stereocenters.